The molecule has 4 saturated heterocycles. The maximum atomic E-state index is 13.8. The van der Waals surface area contributed by atoms with Crippen LogP contribution in [0.3, 0.4) is 0 Å². The molecule has 21 nitrogen and oxygen atoms in total. The first kappa shape index (κ1) is 69.7. The van der Waals surface area contributed by atoms with Gasteiger partial charge in [0.25, 0.3) is 17.7 Å². The van der Waals surface area contributed by atoms with E-state index < -0.39 is 116 Å². The molecule has 6 atom stereocenters. The predicted octanol–water partition coefficient (Wildman–Crippen LogP) is 7.90. The number of ketones is 3. The summed E-state index contributed by atoms with van der Waals surface area (Å²) in [6.07, 6.45) is 4.57. The fourth-order valence-electron chi connectivity index (χ4n) is 12.8. The number of rotatable bonds is 12. The highest BCUT2D eigenvalue weighted by Crippen LogP contribution is 2.36. The number of fused-ring (bicyclic) bond motifs is 8. The minimum absolute atomic E-state index is 0. The van der Waals surface area contributed by atoms with Crippen LogP contribution in [0.1, 0.15) is 154 Å². The van der Waals surface area contributed by atoms with Crippen molar-refractivity contribution in [3.05, 3.63) is 189 Å². The Labute approximate surface area is 529 Å². The van der Waals surface area contributed by atoms with Gasteiger partial charge in [0.1, 0.15) is 41.1 Å². The van der Waals surface area contributed by atoms with Crippen LogP contribution in [-0.4, -0.2) is 147 Å². The number of pyridine rings is 3. The number of aromatic nitrogens is 3. The van der Waals surface area contributed by atoms with E-state index in [1.807, 2.05) is 6.92 Å². The largest absolute Gasteiger partial charge is 0.503 e. The summed E-state index contributed by atoms with van der Waals surface area (Å²) in [5, 5.41) is 31.2. The monoisotopic (exact) mass is 1300 g/mol. The highest BCUT2D eigenvalue weighted by atomic mass is 19.2. The molecular weight excluding hydrogens is 1230 g/mol. The van der Waals surface area contributed by atoms with Crippen molar-refractivity contribution < 1.29 is 79.9 Å². The summed E-state index contributed by atoms with van der Waals surface area (Å²) >= 11 is 0. The van der Waals surface area contributed by atoms with Crippen molar-refractivity contribution in [2.75, 3.05) is 26.3 Å². The van der Waals surface area contributed by atoms with Gasteiger partial charge in [-0.1, -0.05) is 40.5 Å². The Bertz CT molecular complexity index is 4170. The molecule has 7 aliphatic rings. The molecule has 0 spiro atoms. The molecule has 3 N–H and O–H groups in total. The Kier molecular flexibility index (Phi) is 20.9. The molecule has 4 fully saturated rings. The smallest absolute Gasteiger partial charge is 0.276 e. The number of carbonyl (C=O) groups excluding carboxylic acids is 6. The zero-order chi connectivity index (χ0) is 64.3. The van der Waals surface area contributed by atoms with Gasteiger partial charge in [0.2, 0.25) is 16.3 Å². The molecule has 496 valence electrons. The van der Waals surface area contributed by atoms with Gasteiger partial charge in [-0.2, -0.15) is 0 Å². The van der Waals surface area contributed by atoms with Gasteiger partial charge in [0.05, 0.1) is 55.6 Å². The van der Waals surface area contributed by atoms with E-state index in [-0.39, 0.29) is 149 Å². The van der Waals surface area contributed by atoms with E-state index >= 15 is 0 Å². The molecule has 0 bridgehead atoms. The third-order valence-corrected chi connectivity index (χ3v) is 17.5. The molecule has 93 heavy (non-hydrogen) atoms. The fourth-order valence-corrected chi connectivity index (χ4v) is 12.8. The average molecular weight is 1300 g/mol. The van der Waals surface area contributed by atoms with Crippen LogP contribution in [0.2, 0.25) is 0 Å². The third-order valence-electron chi connectivity index (χ3n) is 17.5. The van der Waals surface area contributed by atoms with Gasteiger partial charge in [-0.05, 0) is 87.3 Å². The molecule has 0 saturated carbocycles. The first-order valence-electron chi connectivity index (χ1n) is 29.2. The molecule has 3 amide bonds. The van der Waals surface area contributed by atoms with Gasteiger partial charge < -0.3 is 53.2 Å². The number of aromatic hydroxyl groups is 3. The number of benzene rings is 3. The zero-order valence-electron chi connectivity index (χ0n) is 48.4. The Balaban J connectivity index is 0.000000176. The topological polar surface area (TPSA) is 261 Å². The van der Waals surface area contributed by atoms with Gasteiger partial charge in [-0.25, -0.2) is 26.3 Å². The van der Waals surface area contributed by atoms with E-state index in [9.17, 15) is 84.8 Å². The Hall–Kier alpha value is -9.21. The lowest BCUT2D eigenvalue weighted by molar-refractivity contribution is -0.112. The van der Waals surface area contributed by atoms with Crippen LogP contribution < -0.4 is 16.3 Å². The molecule has 10 heterocycles. The van der Waals surface area contributed by atoms with E-state index in [4.69, 9.17) is 9.47 Å². The Morgan fingerprint density at radius 3 is 1.31 bits per heavy atom. The second-order valence-electron chi connectivity index (χ2n) is 23.1. The molecule has 6 aromatic rings. The van der Waals surface area contributed by atoms with Crippen molar-refractivity contribution in [1.82, 2.24) is 33.3 Å². The van der Waals surface area contributed by atoms with E-state index in [1.165, 1.54) is 60.3 Å². The van der Waals surface area contributed by atoms with Gasteiger partial charge in [-0.15, -0.1) is 0 Å². The minimum Gasteiger partial charge on any atom is -0.503 e. The average Bonchev–Trinajstić information content (AvgIpc) is 1.73. The van der Waals surface area contributed by atoms with Crippen LogP contribution in [0.5, 0.6) is 17.2 Å². The second-order valence-corrected chi connectivity index (χ2v) is 23.1. The molecule has 27 heteroatoms. The summed E-state index contributed by atoms with van der Waals surface area (Å²) in [5.41, 5.74) is -3.60. The first-order chi connectivity index (χ1) is 42.9. The SMILES string of the molecule is C.C.C.C[C@@H]1CCO[C@H]2Cn3cc(C(=O)CCc4ccc(F)cc4F)c(=O)c(O)c3C(=O)N12.C[C@H]1CO[C@@H]2Cn3cc(C(=O)CCc4ccc(F)cc4F)c(=O)c(O)c3C(=O)N12.O=C(CCc1ccc(F)cc1F)c1cn2c(c(O)c1=O)C(=O)N1C[C@H]3CCCN3[C@@H]1C2. The van der Waals surface area contributed by atoms with Crippen molar-refractivity contribution in [2.24, 2.45) is 0 Å². The fraction of sp³-hybridized carbons (Fsp3) is 0.409. The van der Waals surface area contributed by atoms with E-state index in [0.717, 1.165) is 55.8 Å². The zero-order valence-corrected chi connectivity index (χ0v) is 48.4. The van der Waals surface area contributed by atoms with Crippen LogP contribution >= 0.6 is 0 Å². The van der Waals surface area contributed by atoms with Gasteiger partial charge in [0.15, 0.2) is 64.1 Å². The minimum atomic E-state index is -0.944. The van der Waals surface area contributed by atoms with Crippen molar-refractivity contribution in [2.45, 2.75) is 150 Å². The number of ether oxygens (including phenoxy) is 2. The van der Waals surface area contributed by atoms with Crippen molar-refractivity contribution in [3.8, 4) is 17.2 Å². The molecule has 7 aliphatic heterocycles. The number of hydrogen-bond donors (Lipinski definition) is 3. The van der Waals surface area contributed by atoms with E-state index in [2.05, 4.69) is 4.90 Å². The number of carbonyl (C=O) groups is 6. The molecule has 3 aromatic carbocycles. The maximum absolute atomic E-state index is 13.8. The van der Waals surface area contributed by atoms with E-state index in [1.54, 1.807) is 11.8 Å². The van der Waals surface area contributed by atoms with Gasteiger partial charge in [0, 0.05) is 81.2 Å². The van der Waals surface area contributed by atoms with E-state index in [0.29, 0.717) is 32.7 Å². The summed E-state index contributed by atoms with van der Waals surface area (Å²) < 4.78 is 95.9. The summed E-state index contributed by atoms with van der Waals surface area (Å²) in [4.78, 5) is 121. The molecule has 3 aromatic heterocycles. The predicted molar refractivity (Wildman–Crippen MR) is 324 cm³/mol. The number of aryl methyl sites for hydroxylation is 3. The Morgan fingerprint density at radius 2 is 0.892 bits per heavy atom. The van der Waals surface area contributed by atoms with Crippen LogP contribution in [0, 0.1) is 34.9 Å². The summed E-state index contributed by atoms with van der Waals surface area (Å²) in [7, 11) is 0. The lowest BCUT2D eigenvalue weighted by Crippen LogP contribution is -2.57. The molecular formula is C66H71F6N7O14. The first-order valence-corrected chi connectivity index (χ1v) is 29.2. The summed E-state index contributed by atoms with van der Waals surface area (Å²) in [5.74, 6) is -10.0. The van der Waals surface area contributed by atoms with Crippen LogP contribution in [0.25, 0.3) is 0 Å². The van der Waals surface area contributed by atoms with Gasteiger partial charge >= 0.3 is 0 Å². The summed E-state index contributed by atoms with van der Waals surface area (Å²) in [6, 6.07) is 9.18. The number of halogens is 6. The number of amides is 3. The quantitative estimate of drug-likeness (QED) is 0.0777. The molecule has 0 unspecified atom stereocenters. The lowest BCUT2D eigenvalue weighted by atomic mass is 10.0. The van der Waals surface area contributed by atoms with Crippen molar-refractivity contribution in [3.63, 3.8) is 0 Å². The number of nitrogens with zero attached hydrogens (tertiary/aromatic N) is 7. The Morgan fingerprint density at radius 1 is 0.505 bits per heavy atom. The highest BCUT2D eigenvalue weighted by Gasteiger charge is 2.49. The van der Waals surface area contributed by atoms with Crippen LogP contribution in [0.15, 0.2) is 87.6 Å². The van der Waals surface area contributed by atoms with Crippen LogP contribution in [0.4, 0.5) is 26.3 Å². The number of hydrogen-bond acceptors (Lipinski definition) is 15. The van der Waals surface area contributed by atoms with Gasteiger partial charge in [-0.3, -0.25) is 48.1 Å². The van der Waals surface area contributed by atoms with Crippen LogP contribution in [-0.2, 0) is 48.4 Å². The molecule has 0 aliphatic carbocycles. The normalized spacial score (nSPS) is 20.5. The van der Waals surface area contributed by atoms with Crippen molar-refractivity contribution in [1.29, 1.82) is 0 Å². The second kappa shape index (κ2) is 27.9. The molecule has 13 rings (SSSR count). The lowest BCUT2D eigenvalue weighted by Gasteiger charge is -2.44. The summed E-state index contributed by atoms with van der Waals surface area (Å²) in [6.45, 7) is 6.64. The van der Waals surface area contributed by atoms with Crippen molar-refractivity contribution >= 4 is 35.1 Å². The highest BCUT2D eigenvalue weighted by molar-refractivity contribution is 6.02. The maximum Gasteiger partial charge on any atom is 0.276 e. The third kappa shape index (κ3) is 13.3. The number of Topliss-reactive ketones (excluding diaryl/α,β-unsaturated/α-hetero) is 3. The molecule has 0 radical (unpaired) electrons. The standard InChI is InChI=1S/C22H21F2N3O4.C21H20F2N2O5.C20H18F2N2O5.3CH4/c23-13-5-3-12(16(24)8-13)4-6-17(28)15-10-25-11-18-26-7-1-2-14(26)9-27(18)22(31)19(25)21(30)20(15)29;1-11-6-7-30-17-10-24-9-14(19(27)20(28)18(24)21(29)25(11)17)16(26)5-3-12-2-4-13(22)8-15(12)23;1-10-9-29-16-8-23-7-13(18(26)19(27)17(23)20(28)24(10)16)15(25)5-3-11-2-4-12(21)6-14(11)22;;;/h3,5,8,10,14,18,30H,1-2,4,6-7,9,11H2;2,4,8-9,11,17,28H,3,5-7,10H2,1H3;2,4,6-7,10,16,27H,3,5,8-9H2,1H3;3*1H4/t14-,18+;11-,17+;10-,16+;;;/m110.../s1.